The van der Waals surface area contributed by atoms with Crippen molar-refractivity contribution in [2.45, 2.75) is 40.3 Å². The number of carbonyl (C=O) groups is 1. The lowest BCUT2D eigenvalue weighted by atomic mass is 9.73. The molecule has 0 aliphatic carbocycles. The molecule has 5 nitrogen and oxygen atoms in total. The molecule has 2 aromatic heterocycles. The third-order valence-corrected chi connectivity index (χ3v) is 6.84. The van der Waals surface area contributed by atoms with Gasteiger partial charge in [0.2, 0.25) is 0 Å². The smallest absolute Gasteiger partial charge is 0.307 e. The third kappa shape index (κ3) is 5.79. The van der Waals surface area contributed by atoms with E-state index in [0.29, 0.717) is 24.1 Å². The second-order valence-corrected chi connectivity index (χ2v) is 10.5. The molecule has 1 aliphatic rings. The van der Waals surface area contributed by atoms with Gasteiger partial charge in [-0.05, 0) is 42.0 Å². The van der Waals surface area contributed by atoms with Crippen molar-refractivity contribution in [1.29, 1.82) is 0 Å². The van der Waals surface area contributed by atoms with E-state index >= 15 is 0 Å². The number of hydrogen-bond donors (Lipinski definition) is 1. The molecule has 29 heavy (non-hydrogen) atoms. The predicted molar refractivity (Wildman–Crippen MR) is 117 cm³/mol. The number of hydrogen-bond acceptors (Lipinski definition) is 5. The van der Waals surface area contributed by atoms with Gasteiger partial charge in [0.25, 0.3) is 0 Å². The SMILES string of the molecule is COCc1cc(Cl)cc(-c2ccc(CN3CC(C(=O)O)CC(C(C)(C)C)C3)s2)n1. The number of halogens is 1. The fourth-order valence-corrected chi connectivity index (χ4v) is 5.09. The summed E-state index contributed by atoms with van der Waals surface area (Å²) in [6, 6.07) is 7.85. The normalized spacial score (nSPS) is 20.7. The largest absolute Gasteiger partial charge is 0.481 e. The number of piperidine rings is 1. The first-order valence-corrected chi connectivity index (χ1v) is 11.0. The molecule has 1 aliphatic heterocycles. The maximum atomic E-state index is 11.7. The minimum absolute atomic E-state index is 0.0927. The van der Waals surface area contributed by atoms with Crippen LogP contribution in [-0.2, 0) is 22.7 Å². The summed E-state index contributed by atoms with van der Waals surface area (Å²) in [4.78, 5) is 20.9. The van der Waals surface area contributed by atoms with Gasteiger partial charge in [0, 0.05) is 36.6 Å². The molecule has 3 rings (SSSR count). The summed E-state index contributed by atoms with van der Waals surface area (Å²) >= 11 is 7.93. The Balaban J connectivity index is 1.76. The highest BCUT2D eigenvalue weighted by Gasteiger charge is 2.37. The van der Waals surface area contributed by atoms with Crippen LogP contribution < -0.4 is 0 Å². The summed E-state index contributed by atoms with van der Waals surface area (Å²) in [5.74, 6) is -0.633. The first kappa shape index (κ1) is 22.2. The highest BCUT2D eigenvalue weighted by Crippen LogP contribution is 2.37. The van der Waals surface area contributed by atoms with Crippen molar-refractivity contribution in [3.05, 3.63) is 39.9 Å². The van der Waals surface area contributed by atoms with Gasteiger partial charge >= 0.3 is 5.97 Å². The Morgan fingerprint density at radius 1 is 1.34 bits per heavy atom. The summed E-state index contributed by atoms with van der Waals surface area (Å²) in [5.41, 5.74) is 1.74. The van der Waals surface area contributed by atoms with E-state index < -0.39 is 5.97 Å². The van der Waals surface area contributed by atoms with E-state index in [0.717, 1.165) is 35.8 Å². The fraction of sp³-hybridized carbons (Fsp3) is 0.545. The summed E-state index contributed by atoms with van der Waals surface area (Å²) in [5, 5.41) is 10.2. The Morgan fingerprint density at radius 3 is 2.76 bits per heavy atom. The molecule has 1 saturated heterocycles. The number of methoxy groups -OCH3 is 1. The lowest BCUT2D eigenvalue weighted by Crippen LogP contribution is -2.46. The Morgan fingerprint density at radius 2 is 2.10 bits per heavy atom. The summed E-state index contributed by atoms with van der Waals surface area (Å²) in [6.07, 6.45) is 0.750. The van der Waals surface area contributed by atoms with Gasteiger partial charge in [0.15, 0.2) is 0 Å². The molecule has 0 bridgehead atoms. The van der Waals surface area contributed by atoms with Gasteiger partial charge in [-0.15, -0.1) is 11.3 Å². The molecular formula is C22H29ClN2O3S. The van der Waals surface area contributed by atoms with Gasteiger partial charge in [-0.3, -0.25) is 9.69 Å². The average molecular weight is 437 g/mol. The van der Waals surface area contributed by atoms with Crippen LogP contribution in [0.15, 0.2) is 24.3 Å². The molecular weight excluding hydrogens is 408 g/mol. The van der Waals surface area contributed by atoms with E-state index in [-0.39, 0.29) is 11.3 Å². The number of pyridine rings is 1. The molecule has 1 fully saturated rings. The van der Waals surface area contributed by atoms with Crippen molar-refractivity contribution in [1.82, 2.24) is 9.88 Å². The third-order valence-electron chi connectivity index (χ3n) is 5.53. The van der Waals surface area contributed by atoms with Gasteiger partial charge in [-0.2, -0.15) is 0 Å². The molecule has 3 heterocycles. The van der Waals surface area contributed by atoms with E-state index in [9.17, 15) is 9.90 Å². The van der Waals surface area contributed by atoms with E-state index in [1.165, 1.54) is 4.88 Å². The topological polar surface area (TPSA) is 62.7 Å². The number of aromatic nitrogens is 1. The molecule has 2 atom stereocenters. The fourth-order valence-electron chi connectivity index (χ4n) is 3.85. The molecule has 7 heteroatoms. The predicted octanol–water partition coefficient (Wildman–Crippen LogP) is 5.18. The zero-order valence-electron chi connectivity index (χ0n) is 17.4. The number of ether oxygens (including phenoxy) is 1. The van der Waals surface area contributed by atoms with Crippen LogP contribution >= 0.6 is 22.9 Å². The molecule has 1 N–H and O–H groups in total. The van der Waals surface area contributed by atoms with Crippen molar-refractivity contribution in [2.24, 2.45) is 17.3 Å². The van der Waals surface area contributed by atoms with E-state index in [4.69, 9.17) is 16.3 Å². The summed E-state index contributed by atoms with van der Waals surface area (Å²) in [7, 11) is 1.64. The molecule has 2 aromatic rings. The van der Waals surface area contributed by atoms with Crippen LogP contribution in [0.2, 0.25) is 5.02 Å². The molecule has 0 amide bonds. The second kappa shape index (κ2) is 9.13. The number of carboxylic acid groups (broad SMARTS) is 1. The van der Waals surface area contributed by atoms with Crippen molar-refractivity contribution < 1.29 is 14.6 Å². The van der Waals surface area contributed by atoms with Crippen LogP contribution in [0.1, 0.15) is 37.8 Å². The zero-order chi connectivity index (χ0) is 21.2. The highest BCUT2D eigenvalue weighted by molar-refractivity contribution is 7.15. The molecule has 0 spiro atoms. The van der Waals surface area contributed by atoms with Crippen molar-refractivity contribution in [2.75, 3.05) is 20.2 Å². The quantitative estimate of drug-likeness (QED) is 0.676. The van der Waals surface area contributed by atoms with Crippen LogP contribution in [0.4, 0.5) is 0 Å². The number of nitrogens with zero attached hydrogens (tertiary/aromatic N) is 2. The number of carboxylic acids is 1. The van der Waals surface area contributed by atoms with Gasteiger partial charge in [0.1, 0.15) is 0 Å². The van der Waals surface area contributed by atoms with Crippen molar-refractivity contribution in [3.8, 4) is 10.6 Å². The zero-order valence-corrected chi connectivity index (χ0v) is 19.0. The molecule has 0 radical (unpaired) electrons. The lowest BCUT2D eigenvalue weighted by molar-refractivity contribution is -0.145. The Labute approximate surface area is 181 Å². The van der Waals surface area contributed by atoms with Gasteiger partial charge in [-0.1, -0.05) is 32.4 Å². The van der Waals surface area contributed by atoms with Gasteiger partial charge < -0.3 is 9.84 Å². The van der Waals surface area contributed by atoms with Gasteiger partial charge in [-0.25, -0.2) is 4.98 Å². The van der Waals surface area contributed by atoms with Crippen molar-refractivity contribution in [3.63, 3.8) is 0 Å². The van der Waals surface area contributed by atoms with E-state index in [1.807, 2.05) is 12.1 Å². The Hall–Kier alpha value is -1.47. The Bertz CT molecular complexity index is 862. The molecule has 158 valence electrons. The maximum Gasteiger partial charge on any atom is 0.307 e. The first-order valence-electron chi connectivity index (χ1n) is 9.85. The Kier molecular flexibility index (Phi) is 6.99. The number of thiophene rings is 1. The first-order chi connectivity index (χ1) is 13.7. The van der Waals surface area contributed by atoms with Crippen LogP contribution in [0.25, 0.3) is 10.6 Å². The van der Waals surface area contributed by atoms with Crippen LogP contribution in [0.5, 0.6) is 0 Å². The molecule has 0 saturated carbocycles. The van der Waals surface area contributed by atoms with Crippen LogP contribution in [0.3, 0.4) is 0 Å². The average Bonchev–Trinajstić information content (AvgIpc) is 3.09. The monoisotopic (exact) mass is 436 g/mol. The lowest BCUT2D eigenvalue weighted by Gasteiger charge is -2.42. The van der Waals surface area contributed by atoms with Crippen LogP contribution in [-0.4, -0.2) is 41.2 Å². The number of rotatable bonds is 6. The number of aliphatic carboxylic acids is 1. The minimum Gasteiger partial charge on any atom is -0.481 e. The second-order valence-electron chi connectivity index (χ2n) is 8.89. The molecule has 2 unspecified atom stereocenters. The van der Waals surface area contributed by atoms with E-state index in [2.05, 4.69) is 42.8 Å². The van der Waals surface area contributed by atoms with E-state index in [1.54, 1.807) is 18.4 Å². The summed E-state index contributed by atoms with van der Waals surface area (Å²) < 4.78 is 5.17. The minimum atomic E-state index is -0.690. The van der Waals surface area contributed by atoms with Gasteiger partial charge in [0.05, 0.1) is 28.8 Å². The summed E-state index contributed by atoms with van der Waals surface area (Å²) in [6.45, 7) is 9.30. The van der Waals surface area contributed by atoms with Crippen LogP contribution in [0, 0.1) is 17.3 Å². The standard InChI is InChI=1S/C22H29ClN2O3S/c1-22(2,3)15-7-14(21(26)27)10-25(11-15)12-18-5-6-20(29-18)19-9-16(23)8-17(24-19)13-28-4/h5-6,8-9,14-15H,7,10-13H2,1-4H3,(H,26,27). The maximum absolute atomic E-state index is 11.7. The highest BCUT2D eigenvalue weighted by atomic mass is 35.5. The van der Waals surface area contributed by atoms with Crippen molar-refractivity contribution >= 4 is 28.9 Å². The number of likely N-dealkylation sites (tertiary alicyclic amines) is 1. The molecule has 0 aromatic carbocycles.